The maximum Gasteiger partial charge on any atom is 0.342 e. The molecule has 0 atom stereocenters. The number of hydrogen-bond acceptors (Lipinski definition) is 4. The lowest BCUT2D eigenvalue weighted by Crippen LogP contribution is -2.08. The van der Waals surface area contributed by atoms with Crippen LogP contribution >= 0.6 is 0 Å². The average molecular weight is 238 g/mol. The fourth-order valence-electron chi connectivity index (χ4n) is 1.12. The number of halogens is 1. The number of carbonyl (C=O) groups excluding carboxylic acids is 2. The summed E-state index contributed by atoms with van der Waals surface area (Å²) in [5, 5.41) is 0. The Morgan fingerprint density at radius 1 is 1.59 bits per heavy atom. The van der Waals surface area contributed by atoms with Gasteiger partial charge in [-0.05, 0) is 11.6 Å². The molecule has 1 aromatic rings. The number of carbonyl (C=O) groups is 2. The molecule has 0 fully saturated rings. The number of ether oxygens (including phenoxy) is 1. The maximum atomic E-state index is 13.1. The van der Waals surface area contributed by atoms with Gasteiger partial charge in [0.15, 0.2) is 0 Å². The van der Waals surface area contributed by atoms with Gasteiger partial charge >= 0.3 is 5.97 Å². The predicted octanol–water partition coefficient (Wildman–Crippen LogP) is 0.896. The van der Waals surface area contributed by atoms with Crippen LogP contribution in [0, 0.1) is 5.95 Å². The Labute approximate surface area is 97.1 Å². The Kier molecular flexibility index (Phi) is 4.33. The van der Waals surface area contributed by atoms with Crippen LogP contribution in [0.5, 0.6) is 0 Å². The van der Waals surface area contributed by atoms with Crippen LogP contribution in [-0.4, -0.2) is 24.0 Å². The number of nitrogens with zero attached hydrogens (tertiary/aromatic N) is 1. The average Bonchev–Trinajstić information content (AvgIpc) is 2.30. The number of hydrogen-bond donors (Lipinski definition) is 1. The molecule has 1 aromatic heterocycles. The zero-order valence-corrected chi connectivity index (χ0v) is 9.14. The first kappa shape index (κ1) is 12.8. The summed E-state index contributed by atoms with van der Waals surface area (Å²) in [5.74, 6) is -2.19. The molecule has 0 aliphatic rings. The van der Waals surface area contributed by atoms with Gasteiger partial charge in [-0.25, -0.2) is 9.78 Å². The minimum atomic E-state index is -0.899. The van der Waals surface area contributed by atoms with E-state index in [-0.39, 0.29) is 12.0 Å². The van der Waals surface area contributed by atoms with Crippen molar-refractivity contribution in [1.82, 2.24) is 4.98 Å². The molecule has 0 spiro atoms. The Bertz CT molecular complexity index is 472. The molecule has 6 heteroatoms. The number of rotatable bonds is 4. The standard InChI is InChI=1S/C11H11FN2O3/c1-17-11(16)8-5-7(6-14-10(8)12)3-2-4-9(13)15/h2-3,5-6H,4H2,1H3,(H2,13,15). The minimum absolute atomic E-state index is 0.0605. The van der Waals surface area contributed by atoms with Gasteiger partial charge in [-0.15, -0.1) is 0 Å². The van der Waals surface area contributed by atoms with Gasteiger partial charge < -0.3 is 10.5 Å². The molecule has 0 aliphatic carbocycles. The summed E-state index contributed by atoms with van der Waals surface area (Å²) < 4.78 is 17.5. The Morgan fingerprint density at radius 3 is 2.88 bits per heavy atom. The molecule has 0 aromatic carbocycles. The van der Waals surface area contributed by atoms with E-state index in [4.69, 9.17) is 5.73 Å². The largest absolute Gasteiger partial charge is 0.465 e. The third-order valence-corrected chi connectivity index (χ3v) is 1.89. The number of esters is 1. The fraction of sp³-hybridized carbons (Fsp3) is 0.182. The molecule has 0 radical (unpaired) electrons. The van der Waals surface area contributed by atoms with Crippen molar-refractivity contribution in [2.24, 2.45) is 5.73 Å². The second kappa shape index (κ2) is 5.74. The van der Waals surface area contributed by atoms with Gasteiger partial charge in [0.1, 0.15) is 5.56 Å². The van der Waals surface area contributed by atoms with Crippen molar-refractivity contribution in [2.75, 3.05) is 7.11 Å². The number of primary amides is 1. The molecule has 90 valence electrons. The van der Waals surface area contributed by atoms with Gasteiger partial charge in [-0.2, -0.15) is 4.39 Å². The first-order chi connectivity index (χ1) is 8.04. The van der Waals surface area contributed by atoms with Crippen molar-refractivity contribution in [2.45, 2.75) is 6.42 Å². The Balaban J connectivity index is 2.92. The quantitative estimate of drug-likeness (QED) is 0.624. The monoisotopic (exact) mass is 238 g/mol. The zero-order chi connectivity index (χ0) is 12.8. The molecular weight excluding hydrogens is 227 g/mol. The summed E-state index contributed by atoms with van der Waals surface area (Å²) in [6, 6.07) is 1.28. The van der Waals surface area contributed by atoms with Crippen LogP contribution in [0.25, 0.3) is 6.08 Å². The van der Waals surface area contributed by atoms with Crippen LogP contribution < -0.4 is 5.73 Å². The van der Waals surface area contributed by atoms with Crippen molar-refractivity contribution in [3.8, 4) is 0 Å². The molecule has 0 saturated carbocycles. The van der Waals surface area contributed by atoms with Crippen molar-refractivity contribution in [3.63, 3.8) is 0 Å². The molecule has 1 amide bonds. The highest BCUT2D eigenvalue weighted by Crippen LogP contribution is 2.10. The number of methoxy groups -OCH3 is 1. The van der Waals surface area contributed by atoms with Crippen LogP contribution in [0.2, 0.25) is 0 Å². The lowest BCUT2D eigenvalue weighted by molar-refractivity contribution is -0.117. The lowest BCUT2D eigenvalue weighted by Gasteiger charge is -2.01. The van der Waals surface area contributed by atoms with Gasteiger partial charge in [0.25, 0.3) is 0 Å². The number of pyridine rings is 1. The molecule has 2 N–H and O–H groups in total. The SMILES string of the molecule is COC(=O)c1cc(C=CCC(N)=O)cnc1F. The molecule has 0 unspecified atom stereocenters. The van der Waals surface area contributed by atoms with Crippen molar-refractivity contribution < 1.29 is 18.7 Å². The summed E-state index contributed by atoms with van der Waals surface area (Å²) in [6.45, 7) is 0. The summed E-state index contributed by atoms with van der Waals surface area (Å²) in [6.07, 6.45) is 4.31. The topological polar surface area (TPSA) is 82.3 Å². The normalized spacial score (nSPS) is 10.5. The third kappa shape index (κ3) is 3.67. The highest BCUT2D eigenvalue weighted by atomic mass is 19.1. The molecule has 1 rings (SSSR count). The summed E-state index contributed by atoms with van der Waals surface area (Å²) in [4.78, 5) is 25.1. The lowest BCUT2D eigenvalue weighted by atomic mass is 10.2. The zero-order valence-electron chi connectivity index (χ0n) is 9.14. The van der Waals surface area contributed by atoms with Crippen LogP contribution in [0.1, 0.15) is 22.3 Å². The van der Waals surface area contributed by atoms with E-state index in [2.05, 4.69) is 9.72 Å². The van der Waals surface area contributed by atoms with E-state index < -0.39 is 17.8 Å². The number of amides is 1. The Hall–Kier alpha value is -2.24. The molecule has 0 aliphatic heterocycles. The van der Waals surface area contributed by atoms with Gasteiger partial charge in [0.05, 0.1) is 7.11 Å². The first-order valence-corrected chi connectivity index (χ1v) is 4.73. The van der Waals surface area contributed by atoms with Gasteiger partial charge in [0.2, 0.25) is 11.9 Å². The molecule has 0 bridgehead atoms. The van der Waals surface area contributed by atoms with Crippen molar-refractivity contribution in [3.05, 3.63) is 35.4 Å². The number of nitrogens with two attached hydrogens (primary N) is 1. The summed E-state index contributed by atoms with van der Waals surface area (Å²) in [7, 11) is 1.15. The van der Waals surface area contributed by atoms with Crippen LogP contribution in [0.4, 0.5) is 4.39 Å². The molecule has 5 nitrogen and oxygen atoms in total. The van der Waals surface area contributed by atoms with Crippen molar-refractivity contribution in [1.29, 1.82) is 0 Å². The predicted molar refractivity (Wildman–Crippen MR) is 58.4 cm³/mol. The van der Waals surface area contributed by atoms with Gasteiger partial charge in [0, 0.05) is 12.6 Å². The second-order valence-electron chi connectivity index (χ2n) is 3.17. The number of aromatic nitrogens is 1. The van der Waals surface area contributed by atoms with E-state index >= 15 is 0 Å². The maximum absolute atomic E-state index is 13.1. The van der Waals surface area contributed by atoms with Gasteiger partial charge in [-0.1, -0.05) is 12.2 Å². The molecule has 1 heterocycles. The summed E-state index contributed by atoms with van der Waals surface area (Å²) in [5.41, 5.74) is 5.16. The van der Waals surface area contributed by atoms with E-state index in [1.165, 1.54) is 24.4 Å². The second-order valence-corrected chi connectivity index (χ2v) is 3.17. The highest BCUT2D eigenvalue weighted by molar-refractivity contribution is 5.89. The highest BCUT2D eigenvalue weighted by Gasteiger charge is 2.13. The van der Waals surface area contributed by atoms with Crippen molar-refractivity contribution >= 4 is 18.0 Å². The van der Waals surface area contributed by atoms with E-state index in [1.807, 2.05) is 0 Å². The van der Waals surface area contributed by atoms with Crippen LogP contribution in [0.3, 0.4) is 0 Å². The Morgan fingerprint density at radius 2 is 2.29 bits per heavy atom. The van der Waals surface area contributed by atoms with E-state index in [0.717, 1.165) is 7.11 Å². The van der Waals surface area contributed by atoms with Crippen LogP contribution in [0.15, 0.2) is 18.3 Å². The van der Waals surface area contributed by atoms with E-state index in [0.29, 0.717) is 5.56 Å². The van der Waals surface area contributed by atoms with Gasteiger partial charge in [-0.3, -0.25) is 4.79 Å². The van der Waals surface area contributed by atoms with Crippen LogP contribution in [-0.2, 0) is 9.53 Å². The van der Waals surface area contributed by atoms with E-state index in [1.54, 1.807) is 0 Å². The first-order valence-electron chi connectivity index (χ1n) is 4.73. The van der Waals surface area contributed by atoms with E-state index in [9.17, 15) is 14.0 Å². The third-order valence-electron chi connectivity index (χ3n) is 1.89. The fourth-order valence-corrected chi connectivity index (χ4v) is 1.12. The minimum Gasteiger partial charge on any atom is -0.465 e. The summed E-state index contributed by atoms with van der Waals surface area (Å²) >= 11 is 0. The molecular formula is C11H11FN2O3. The molecule has 0 saturated heterocycles. The molecule has 17 heavy (non-hydrogen) atoms. The smallest absolute Gasteiger partial charge is 0.342 e.